The lowest BCUT2D eigenvalue weighted by Crippen LogP contribution is -2.21. The third kappa shape index (κ3) is 3.19. The summed E-state index contributed by atoms with van der Waals surface area (Å²) in [6.07, 6.45) is 1.70. The highest BCUT2D eigenvalue weighted by atomic mass is 16.6. The van der Waals surface area contributed by atoms with Crippen molar-refractivity contribution in [3.8, 4) is 0 Å². The van der Waals surface area contributed by atoms with Crippen molar-refractivity contribution in [3.63, 3.8) is 0 Å². The summed E-state index contributed by atoms with van der Waals surface area (Å²) < 4.78 is 0. The Bertz CT molecular complexity index is 927. The number of rotatable bonds is 3. The molecule has 2 aromatic carbocycles. The van der Waals surface area contributed by atoms with Crippen LogP contribution in [0.2, 0.25) is 0 Å². The minimum Gasteiger partial charge on any atom is -0.267 e. The molecular formula is C19H17N3O3. The predicted octanol–water partition coefficient (Wildman–Crippen LogP) is 4.02. The van der Waals surface area contributed by atoms with Gasteiger partial charge >= 0.3 is 0 Å². The van der Waals surface area contributed by atoms with Crippen LogP contribution in [0.15, 0.2) is 53.1 Å². The van der Waals surface area contributed by atoms with E-state index in [1.807, 2.05) is 32.0 Å². The topological polar surface area (TPSA) is 75.8 Å². The molecule has 0 atom stereocenters. The van der Waals surface area contributed by atoms with Gasteiger partial charge < -0.3 is 0 Å². The summed E-state index contributed by atoms with van der Waals surface area (Å²) in [5.74, 6) is -0.209. The van der Waals surface area contributed by atoms with Crippen LogP contribution < -0.4 is 5.01 Å². The van der Waals surface area contributed by atoms with Gasteiger partial charge in [0.2, 0.25) is 0 Å². The number of non-ortho nitro benzene ring substituents is 1. The molecule has 0 N–H and O–H groups in total. The fourth-order valence-corrected chi connectivity index (χ4v) is 2.58. The van der Waals surface area contributed by atoms with Gasteiger partial charge in [0.05, 0.1) is 21.9 Å². The van der Waals surface area contributed by atoms with E-state index in [9.17, 15) is 14.9 Å². The number of nitro groups is 1. The van der Waals surface area contributed by atoms with Crippen LogP contribution in [0.25, 0.3) is 6.08 Å². The summed E-state index contributed by atoms with van der Waals surface area (Å²) in [5.41, 5.74) is 4.78. The summed E-state index contributed by atoms with van der Waals surface area (Å²) in [4.78, 5) is 23.0. The molecule has 2 aromatic rings. The first-order valence-electron chi connectivity index (χ1n) is 7.80. The predicted molar refractivity (Wildman–Crippen MR) is 97.6 cm³/mol. The number of hydrogen-bond donors (Lipinski definition) is 0. The zero-order valence-electron chi connectivity index (χ0n) is 14.2. The molecule has 0 unspecified atom stereocenters. The van der Waals surface area contributed by atoms with E-state index in [1.165, 1.54) is 17.1 Å². The minimum absolute atomic E-state index is 0.0158. The Morgan fingerprint density at radius 1 is 1.04 bits per heavy atom. The fraction of sp³-hybridized carbons (Fsp3) is 0.158. The van der Waals surface area contributed by atoms with Gasteiger partial charge in [-0.3, -0.25) is 14.9 Å². The van der Waals surface area contributed by atoms with E-state index in [-0.39, 0.29) is 11.6 Å². The van der Waals surface area contributed by atoms with E-state index in [4.69, 9.17) is 0 Å². The van der Waals surface area contributed by atoms with Crippen LogP contribution in [-0.4, -0.2) is 16.5 Å². The van der Waals surface area contributed by atoms with Crippen molar-refractivity contribution in [2.45, 2.75) is 20.8 Å². The van der Waals surface area contributed by atoms with Crippen molar-refractivity contribution < 1.29 is 9.72 Å². The molecular weight excluding hydrogens is 318 g/mol. The summed E-state index contributed by atoms with van der Waals surface area (Å²) in [7, 11) is 0. The van der Waals surface area contributed by atoms with Crippen molar-refractivity contribution in [1.29, 1.82) is 0 Å². The SMILES string of the molecule is CC1=NN(c2ccc(C)c(C)c2)C(=O)/C1=C/c1ccc([N+](=O)[O-])cc1. The zero-order chi connectivity index (χ0) is 18.1. The maximum absolute atomic E-state index is 12.7. The Kier molecular flexibility index (Phi) is 4.19. The third-order valence-electron chi connectivity index (χ3n) is 4.21. The van der Waals surface area contributed by atoms with E-state index in [0.717, 1.165) is 16.8 Å². The molecule has 0 radical (unpaired) electrons. The van der Waals surface area contributed by atoms with Crippen LogP contribution in [0.3, 0.4) is 0 Å². The molecule has 126 valence electrons. The molecule has 6 heteroatoms. The highest BCUT2D eigenvalue weighted by Crippen LogP contribution is 2.27. The monoisotopic (exact) mass is 335 g/mol. The number of nitrogens with zero attached hydrogens (tertiary/aromatic N) is 3. The van der Waals surface area contributed by atoms with Crippen molar-refractivity contribution in [2.75, 3.05) is 5.01 Å². The average Bonchev–Trinajstić information content (AvgIpc) is 2.86. The third-order valence-corrected chi connectivity index (χ3v) is 4.21. The molecule has 6 nitrogen and oxygen atoms in total. The Balaban J connectivity index is 1.91. The van der Waals surface area contributed by atoms with E-state index in [2.05, 4.69) is 5.10 Å². The van der Waals surface area contributed by atoms with Gasteiger partial charge in [-0.25, -0.2) is 0 Å². The van der Waals surface area contributed by atoms with Gasteiger partial charge in [0.25, 0.3) is 11.6 Å². The van der Waals surface area contributed by atoms with Crippen molar-refractivity contribution in [3.05, 3.63) is 74.8 Å². The molecule has 1 amide bonds. The molecule has 0 aromatic heterocycles. The van der Waals surface area contributed by atoms with Gasteiger partial charge in [0.1, 0.15) is 0 Å². The van der Waals surface area contributed by atoms with Gasteiger partial charge in [-0.1, -0.05) is 6.07 Å². The Morgan fingerprint density at radius 3 is 2.32 bits per heavy atom. The number of anilines is 1. The van der Waals surface area contributed by atoms with Crippen molar-refractivity contribution in [2.24, 2.45) is 5.10 Å². The molecule has 0 saturated heterocycles. The quantitative estimate of drug-likeness (QED) is 0.483. The Morgan fingerprint density at radius 2 is 1.72 bits per heavy atom. The van der Waals surface area contributed by atoms with Gasteiger partial charge in [-0.15, -0.1) is 0 Å². The Labute approximate surface area is 145 Å². The standard InChI is InChI=1S/C19H17N3O3/c1-12-4-7-17(10-13(12)2)21-19(23)18(14(3)20-21)11-15-5-8-16(9-6-15)22(24)25/h4-11H,1-3H3/b18-11+. The van der Waals surface area contributed by atoms with Crippen molar-refractivity contribution in [1.82, 2.24) is 0 Å². The largest absolute Gasteiger partial charge is 0.280 e. The maximum atomic E-state index is 12.7. The highest BCUT2D eigenvalue weighted by Gasteiger charge is 2.28. The number of carbonyl (C=O) groups excluding carboxylic acids is 1. The normalized spacial score (nSPS) is 15.6. The van der Waals surface area contributed by atoms with Gasteiger partial charge in [0.15, 0.2) is 0 Å². The summed E-state index contributed by atoms with van der Waals surface area (Å²) in [5, 5.41) is 16.5. The van der Waals surface area contributed by atoms with E-state index in [1.54, 1.807) is 25.1 Å². The molecule has 0 spiro atoms. The van der Waals surface area contributed by atoms with Crippen LogP contribution in [0.4, 0.5) is 11.4 Å². The first-order valence-corrected chi connectivity index (χ1v) is 7.80. The van der Waals surface area contributed by atoms with Gasteiger partial charge in [0, 0.05) is 12.1 Å². The van der Waals surface area contributed by atoms with Crippen LogP contribution in [0.1, 0.15) is 23.6 Å². The molecule has 25 heavy (non-hydrogen) atoms. The molecule has 1 heterocycles. The lowest BCUT2D eigenvalue weighted by Gasteiger charge is -2.13. The number of nitro benzene ring substituents is 1. The van der Waals surface area contributed by atoms with Crippen molar-refractivity contribution >= 4 is 29.1 Å². The summed E-state index contributed by atoms with van der Waals surface area (Å²) in [6, 6.07) is 11.8. The van der Waals surface area contributed by atoms with Crippen LogP contribution in [-0.2, 0) is 4.79 Å². The summed E-state index contributed by atoms with van der Waals surface area (Å²) >= 11 is 0. The lowest BCUT2D eigenvalue weighted by molar-refractivity contribution is -0.384. The smallest absolute Gasteiger partial charge is 0.267 e. The second kappa shape index (κ2) is 6.32. The molecule has 1 aliphatic heterocycles. The molecule has 0 fully saturated rings. The molecule has 0 aliphatic carbocycles. The van der Waals surface area contributed by atoms with Crippen LogP contribution in [0, 0.1) is 24.0 Å². The van der Waals surface area contributed by atoms with E-state index >= 15 is 0 Å². The van der Waals surface area contributed by atoms with Crippen LogP contribution >= 0.6 is 0 Å². The first-order chi connectivity index (χ1) is 11.9. The van der Waals surface area contributed by atoms with Gasteiger partial charge in [-0.2, -0.15) is 10.1 Å². The number of benzene rings is 2. The summed E-state index contributed by atoms with van der Waals surface area (Å²) in [6.45, 7) is 5.78. The van der Waals surface area contributed by atoms with Crippen LogP contribution in [0.5, 0.6) is 0 Å². The number of hydrazone groups is 1. The zero-order valence-corrected chi connectivity index (χ0v) is 14.2. The number of amides is 1. The number of aryl methyl sites for hydroxylation is 2. The molecule has 1 aliphatic rings. The number of hydrogen-bond acceptors (Lipinski definition) is 4. The second-order valence-corrected chi connectivity index (χ2v) is 5.98. The average molecular weight is 335 g/mol. The first kappa shape index (κ1) is 16.6. The van der Waals surface area contributed by atoms with E-state index < -0.39 is 4.92 Å². The minimum atomic E-state index is -0.453. The fourth-order valence-electron chi connectivity index (χ4n) is 2.58. The second-order valence-electron chi connectivity index (χ2n) is 5.98. The van der Waals surface area contributed by atoms with E-state index in [0.29, 0.717) is 16.8 Å². The number of carbonyl (C=O) groups is 1. The van der Waals surface area contributed by atoms with Gasteiger partial charge in [-0.05, 0) is 67.8 Å². The lowest BCUT2D eigenvalue weighted by atomic mass is 10.1. The highest BCUT2D eigenvalue weighted by molar-refractivity contribution is 6.32. The molecule has 0 saturated carbocycles. The molecule has 0 bridgehead atoms. The Hall–Kier alpha value is -3.28. The molecule has 3 rings (SSSR count). The maximum Gasteiger partial charge on any atom is 0.280 e.